The highest BCUT2D eigenvalue weighted by molar-refractivity contribution is 5.79. The number of carbonyl (C=O) groups is 1. The Balaban J connectivity index is 1.47. The number of nitrogens with one attached hydrogen (secondary N) is 1. The van der Waals surface area contributed by atoms with Gasteiger partial charge in [0.1, 0.15) is 0 Å². The molecule has 2 saturated heterocycles. The van der Waals surface area contributed by atoms with Crippen LogP contribution in [-0.4, -0.2) is 45.8 Å². The van der Waals surface area contributed by atoms with Crippen molar-refractivity contribution in [1.29, 1.82) is 0 Å². The molecule has 0 unspecified atom stereocenters. The molecule has 2 aliphatic heterocycles. The first-order valence-corrected chi connectivity index (χ1v) is 9.77. The Hall–Kier alpha value is -2.14. The lowest BCUT2D eigenvalue weighted by atomic mass is 9.96. The van der Waals surface area contributed by atoms with Gasteiger partial charge in [-0.25, -0.2) is 4.68 Å². The maximum Gasteiger partial charge on any atom is 0.224 e. The Kier molecular flexibility index (Phi) is 4.81. The summed E-state index contributed by atoms with van der Waals surface area (Å²) in [7, 11) is 0. The molecule has 1 aromatic heterocycles. The third-order valence-corrected chi connectivity index (χ3v) is 5.96. The third-order valence-electron chi connectivity index (χ3n) is 5.96. The Morgan fingerprint density at radius 2 is 1.88 bits per heavy atom. The van der Waals surface area contributed by atoms with Crippen molar-refractivity contribution in [3.63, 3.8) is 0 Å². The van der Waals surface area contributed by atoms with Crippen molar-refractivity contribution >= 4 is 5.91 Å². The first-order valence-electron chi connectivity index (χ1n) is 9.77. The van der Waals surface area contributed by atoms with Crippen LogP contribution in [-0.2, 0) is 11.2 Å². The molecule has 0 radical (unpaired) electrons. The van der Waals surface area contributed by atoms with Gasteiger partial charge in [-0.3, -0.25) is 9.69 Å². The largest absolute Gasteiger partial charge is 0.352 e. The summed E-state index contributed by atoms with van der Waals surface area (Å²) < 4.78 is 1.94. The normalized spacial score (nSPS) is 23.0. The highest BCUT2D eigenvalue weighted by atomic mass is 16.1. The lowest BCUT2D eigenvalue weighted by molar-refractivity contribution is -0.121. The molecule has 0 bridgehead atoms. The number of fused-ring (bicyclic) bond motifs is 1. The molecular weight excluding hydrogens is 324 g/mol. The third kappa shape index (κ3) is 3.28. The summed E-state index contributed by atoms with van der Waals surface area (Å²) in [6.07, 6.45) is 5.18. The zero-order chi connectivity index (χ0) is 18.1. The van der Waals surface area contributed by atoms with E-state index in [4.69, 9.17) is 0 Å². The maximum absolute atomic E-state index is 12.8. The highest BCUT2D eigenvalue weighted by Crippen LogP contribution is 2.27. The SMILES string of the molecule is Cc1nn(-c2ccccc2)c(C)c1CC(=O)N[C@H]1CCCN2CCC[C@@H]12. The number of amides is 1. The standard InChI is InChI=1S/C21H28N4O/c1-15-18(16(2)25(23-15)17-8-4-3-5-9-17)14-21(26)22-19-10-6-12-24-13-7-11-20(19)24/h3-5,8-9,19-20H,6-7,10-14H2,1-2H3,(H,22,26)/t19-,20-/m0/s1. The van der Waals surface area contributed by atoms with E-state index in [1.807, 2.05) is 41.9 Å². The van der Waals surface area contributed by atoms with E-state index >= 15 is 0 Å². The number of rotatable bonds is 4. The van der Waals surface area contributed by atoms with Gasteiger partial charge >= 0.3 is 0 Å². The van der Waals surface area contributed by atoms with Gasteiger partial charge in [-0.15, -0.1) is 0 Å². The first-order chi connectivity index (χ1) is 12.6. The van der Waals surface area contributed by atoms with Crippen LogP contribution >= 0.6 is 0 Å². The molecule has 5 heteroatoms. The van der Waals surface area contributed by atoms with Crippen LogP contribution < -0.4 is 5.32 Å². The molecule has 3 heterocycles. The number of aryl methyl sites for hydroxylation is 1. The van der Waals surface area contributed by atoms with Crippen LogP contribution in [0.4, 0.5) is 0 Å². The highest BCUT2D eigenvalue weighted by Gasteiger charge is 2.35. The summed E-state index contributed by atoms with van der Waals surface area (Å²) in [6, 6.07) is 11.0. The van der Waals surface area contributed by atoms with Crippen molar-refractivity contribution in [2.45, 2.75) is 58.0 Å². The fraction of sp³-hybridized carbons (Fsp3) is 0.524. The summed E-state index contributed by atoms with van der Waals surface area (Å²) in [6.45, 7) is 6.43. The number of hydrogen-bond donors (Lipinski definition) is 1. The molecule has 0 saturated carbocycles. The molecule has 138 valence electrons. The zero-order valence-electron chi connectivity index (χ0n) is 15.7. The number of carbonyl (C=O) groups excluding carboxylic acids is 1. The quantitative estimate of drug-likeness (QED) is 0.920. The second kappa shape index (κ2) is 7.23. The molecule has 26 heavy (non-hydrogen) atoms. The Labute approximate surface area is 155 Å². The van der Waals surface area contributed by atoms with E-state index in [2.05, 4.69) is 22.2 Å². The summed E-state index contributed by atoms with van der Waals surface area (Å²) in [5, 5.41) is 7.99. The van der Waals surface area contributed by atoms with Crippen LogP contribution in [0.25, 0.3) is 5.69 Å². The van der Waals surface area contributed by atoms with Crippen molar-refractivity contribution < 1.29 is 4.79 Å². The van der Waals surface area contributed by atoms with Crippen LogP contribution in [0.3, 0.4) is 0 Å². The minimum atomic E-state index is 0.127. The predicted octanol–water partition coefficient (Wildman–Crippen LogP) is 2.77. The Morgan fingerprint density at radius 1 is 1.15 bits per heavy atom. The smallest absolute Gasteiger partial charge is 0.224 e. The van der Waals surface area contributed by atoms with E-state index < -0.39 is 0 Å². The van der Waals surface area contributed by atoms with Crippen LogP contribution in [0, 0.1) is 13.8 Å². The van der Waals surface area contributed by atoms with Crippen molar-refractivity contribution in [2.24, 2.45) is 0 Å². The van der Waals surface area contributed by atoms with Crippen LogP contribution in [0.5, 0.6) is 0 Å². The number of nitrogens with zero attached hydrogens (tertiary/aromatic N) is 3. The number of benzene rings is 1. The molecule has 0 spiro atoms. The molecule has 1 aromatic carbocycles. The van der Waals surface area contributed by atoms with E-state index in [0.29, 0.717) is 18.5 Å². The average molecular weight is 352 g/mol. The van der Waals surface area contributed by atoms with Crippen LogP contribution in [0.2, 0.25) is 0 Å². The van der Waals surface area contributed by atoms with Gasteiger partial charge in [0, 0.05) is 23.3 Å². The van der Waals surface area contributed by atoms with E-state index in [9.17, 15) is 4.79 Å². The molecule has 4 rings (SSSR count). The van der Waals surface area contributed by atoms with Gasteiger partial charge in [0.15, 0.2) is 0 Å². The molecule has 2 aromatic rings. The zero-order valence-corrected chi connectivity index (χ0v) is 15.7. The van der Waals surface area contributed by atoms with Crippen molar-refractivity contribution in [3.8, 4) is 5.69 Å². The van der Waals surface area contributed by atoms with Gasteiger partial charge in [0.05, 0.1) is 17.8 Å². The summed E-state index contributed by atoms with van der Waals surface area (Å²) in [5.41, 5.74) is 4.07. The van der Waals surface area contributed by atoms with Crippen LogP contribution in [0.1, 0.15) is 42.6 Å². The molecule has 5 nitrogen and oxygen atoms in total. The monoisotopic (exact) mass is 352 g/mol. The predicted molar refractivity (Wildman–Crippen MR) is 103 cm³/mol. The molecule has 1 amide bonds. The van der Waals surface area contributed by atoms with Crippen molar-refractivity contribution in [2.75, 3.05) is 13.1 Å². The van der Waals surface area contributed by atoms with E-state index in [-0.39, 0.29) is 5.91 Å². The molecule has 0 aliphatic carbocycles. The maximum atomic E-state index is 12.8. The summed E-state index contributed by atoms with van der Waals surface area (Å²) >= 11 is 0. The second-order valence-electron chi connectivity index (χ2n) is 7.64. The summed E-state index contributed by atoms with van der Waals surface area (Å²) in [5.74, 6) is 0.127. The van der Waals surface area contributed by atoms with Gasteiger partial charge in [-0.05, 0) is 64.8 Å². The summed E-state index contributed by atoms with van der Waals surface area (Å²) in [4.78, 5) is 15.3. The fourth-order valence-corrected chi connectivity index (χ4v) is 4.63. The van der Waals surface area contributed by atoms with E-state index in [1.165, 1.54) is 32.4 Å². The van der Waals surface area contributed by atoms with Gasteiger partial charge in [-0.2, -0.15) is 5.10 Å². The van der Waals surface area contributed by atoms with Gasteiger partial charge < -0.3 is 5.32 Å². The van der Waals surface area contributed by atoms with Crippen molar-refractivity contribution in [1.82, 2.24) is 20.0 Å². The van der Waals surface area contributed by atoms with Gasteiger partial charge in [0.25, 0.3) is 0 Å². The molecule has 2 aliphatic rings. The molecular formula is C21H28N4O. The first kappa shape index (κ1) is 17.3. The number of aromatic nitrogens is 2. The molecule has 2 atom stereocenters. The average Bonchev–Trinajstić information content (AvgIpc) is 3.23. The molecule has 1 N–H and O–H groups in total. The Bertz CT molecular complexity index is 783. The van der Waals surface area contributed by atoms with Crippen LogP contribution in [0.15, 0.2) is 30.3 Å². The van der Waals surface area contributed by atoms with Gasteiger partial charge in [-0.1, -0.05) is 18.2 Å². The topological polar surface area (TPSA) is 50.2 Å². The molecule has 2 fully saturated rings. The number of hydrogen-bond acceptors (Lipinski definition) is 3. The fourth-order valence-electron chi connectivity index (χ4n) is 4.63. The van der Waals surface area contributed by atoms with E-state index in [0.717, 1.165) is 29.1 Å². The minimum Gasteiger partial charge on any atom is -0.352 e. The number of para-hydroxylation sites is 1. The Morgan fingerprint density at radius 3 is 2.65 bits per heavy atom. The minimum absolute atomic E-state index is 0.127. The van der Waals surface area contributed by atoms with E-state index in [1.54, 1.807) is 0 Å². The number of piperidine rings is 1. The lowest BCUT2D eigenvalue weighted by Crippen LogP contribution is -2.52. The second-order valence-corrected chi connectivity index (χ2v) is 7.64. The van der Waals surface area contributed by atoms with Gasteiger partial charge in [0.2, 0.25) is 5.91 Å². The lowest BCUT2D eigenvalue weighted by Gasteiger charge is -2.37. The van der Waals surface area contributed by atoms with Crippen molar-refractivity contribution in [3.05, 3.63) is 47.3 Å².